The molecule has 0 radical (unpaired) electrons. The Morgan fingerprint density at radius 3 is 2.83 bits per heavy atom. The van der Waals surface area contributed by atoms with Crippen molar-refractivity contribution in [2.75, 3.05) is 13.2 Å². The molecule has 1 aromatic carbocycles. The Balaban J connectivity index is 1.47. The molecule has 1 fully saturated rings. The smallest absolute Gasteiger partial charge is 0.220 e. The Morgan fingerprint density at radius 2 is 2.00 bits per heavy atom. The van der Waals surface area contributed by atoms with E-state index in [1.807, 2.05) is 18.3 Å². The van der Waals surface area contributed by atoms with Gasteiger partial charge in [0.15, 0.2) is 0 Å². The number of aliphatic hydroxyl groups excluding tert-OH is 1. The lowest BCUT2D eigenvalue weighted by Gasteiger charge is -2.29. The van der Waals surface area contributed by atoms with E-state index >= 15 is 0 Å². The van der Waals surface area contributed by atoms with Gasteiger partial charge in [-0.15, -0.1) is 0 Å². The maximum absolute atomic E-state index is 12.2. The molecule has 1 aliphatic rings. The zero-order chi connectivity index (χ0) is 16.1. The standard InChI is InChI=1S/C19H26N2O2/c22-13-16-6-2-1-5-14(16)11-19(23)20-10-9-15-12-21-18-8-4-3-7-17(15)18/h3-4,7-8,12,14,16,21-22H,1-2,5-6,9-11,13H2,(H,20,23)/t14-,16-/m0/s1. The van der Waals surface area contributed by atoms with E-state index in [4.69, 9.17) is 0 Å². The molecule has 1 amide bonds. The van der Waals surface area contributed by atoms with Crippen molar-refractivity contribution in [2.24, 2.45) is 11.8 Å². The molecule has 1 heterocycles. The molecule has 0 bridgehead atoms. The van der Waals surface area contributed by atoms with Crippen LogP contribution in [0.4, 0.5) is 0 Å². The van der Waals surface area contributed by atoms with Crippen molar-refractivity contribution in [2.45, 2.75) is 38.5 Å². The van der Waals surface area contributed by atoms with Gasteiger partial charge >= 0.3 is 0 Å². The summed E-state index contributed by atoms with van der Waals surface area (Å²) >= 11 is 0. The van der Waals surface area contributed by atoms with E-state index in [2.05, 4.69) is 22.4 Å². The molecular weight excluding hydrogens is 288 g/mol. The second-order valence-electron chi connectivity index (χ2n) is 6.65. The van der Waals surface area contributed by atoms with Gasteiger partial charge in [0, 0.05) is 36.7 Å². The van der Waals surface area contributed by atoms with Gasteiger partial charge in [-0.25, -0.2) is 0 Å². The molecule has 4 nitrogen and oxygen atoms in total. The highest BCUT2D eigenvalue weighted by Gasteiger charge is 2.26. The van der Waals surface area contributed by atoms with Crippen LogP contribution >= 0.6 is 0 Å². The SMILES string of the molecule is O=C(C[C@@H]1CCCC[C@H]1CO)NCCc1c[nH]c2ccccc12. The molecule has 1 aliphatic carbocycles. The van der Waals surface area contributed by atoms with Gasteiger partial charge in [-0.05, 0) is 42.7 Å². The highest BCUT2D eigenvalue weighted by atomic mass is 16.3. The molecule has 4 heteroatoms. The van der Waals surface area contributed by atoms with Gasteiger partial charge in [0.1, 0.15) is 0 Å². The number of benzene rings is 1. The highest BCUT2D eigenvalue weighted by Crippen LogP contribution is 2.31. The van der Waals surface area contributed by atoms with Crippen molar-refractivity contribution in [3.63, 3.8) is 0 Å². The predicted molar refractivity (Wildman–Crippen MR) is 92.2 cm³/mol. The molecule has 2 atom stereocenters. The van der Waals surface area contributed by atoms with E-state index in [0.29, 0.717) is 24.8 Å². The minimum atomic E-state index is 0.121. The molecule has 1 aromatic heterocycles. The lowest BCUT2D eigenvalue weighted by molar-refractivity contribution is -0.122. The van der Waals surface area contributed by atoms with Crippen molar-refractivity contribution < 1.29 is 9.90 Å². The van der Waals surface area contributed by atoms with Gasteiger partial charge in [0.2, 0.25) is 5.91 Å². The molecule has 0 aliphatic heterocycles. The quantitative estimate of drug-likeness (QED) is 0.767. The number of hydrogen-bond donors (Lipinski definition) is 3. The second-order valence-corrected chi connectivity index (χ2v) is 6.65. The Bertz CT molecular complexity index is 650. The number of H-pyrrole nitrogens is 1. The van der Waals surface area contributed by atoms with Crippen LogP contribution < -0.4 is 5.32 Å². The van der Waals surface area contributed by atoms with E-state index in [9.17, 15) is 9.90 Å². The maximum Gasteiger partial charge on any atom is 0.220 e. The number of fused-ring (bicyclic) bond motifs is 1. The normalized spacial score (nSPS) is 21.4. The summed E-state index contributed by atoms with van der Waals surface area (Å²) in [6, 6.07) is 8.23. The number of hydrogen-bond acceptors (Lipinski definition) is 2. The fourth-order valence-electron chi connectivity index (χ4n) is 3.78. The predicted octanol–water partition coefficient (Wildman–Crippen LogP) is 3.02. The lowest BCUT2D eigenvalue weighted by Crippen LogP contribution is -2.32. The number of para-hydroxylation sites is 1. The average molecular weight is 314 g/mol. The Hall–Kier alpha value is -1.81. The Labute approximate surface area is 137 Å². The number of amides is 1. The molecule has 0 unspecified atom stereocenters. The number of carbonyl (C=O) groups excluding carboxylic acids is 1. The first-order valence-corrected chi connectivity index (χ1v) is 8.70. The average Bonchev–Trinajstić information content (AvgIpc) is 2.99. The summed E-state index contributed by atoms with van der Waals surface area (Å²) in [5.74, 6) is 0.778. The second kappa shape index (κ2) is 7.64. The number of aromatic amines is 1. The van der Waals surface area contributed by atoms with E-state index in [1.54, 1.807) is 0 Å². The molecule has 3 N–H and O–H groups in total. The first kappa shape index (κ1) is 16.1. The molecule has 0 saturated heterocycles. The van der Waals surface area contributed by atoms with Crippen LogP contribution in [0.1, 0.15) is 37.7 Å². The van der Waals surface area contributed by atoms with E-state index in [-0.39, 0.29) is 12.5 Å². The molecule has 0 spiro atoms. The van der Waals surface area contributed by atoms with Crippen LogP contribution in [0.2, 0.25) is 0 Å². The molecule has 124 valence electrons. The lowest BCUT2D eigenvalue weighted by atomic mass is 9.78. The van der Waals surface area contributed by atoms with Crippen molar-refractivity contribution in [3.8, 4) is 0 Å². The highest BCUT2D eigenvalue weighted by molar-refractivity contribution is 5.83. The van der Waals surface area contributed by atoms with Crippen LogP contribution in [0.25, 0.3) is 10.9 Å². The number of nitrogens with one attached hydrogen (secondary N) is 2. The van der Waals surface area contributed by atoms with Crippen LogP contribution in [-0.4, -0.2) is 29.1 Å². The molecule has 1 saturated carbocycles. The third-order valence-corrected chi connectivity index (χ3v) is 5.14. The van der Waals surface area contributed by atoms with Crippen LogP contribution in [0.5, 0.6) is 0 Å². The van der Waals surface area contributed by atoms with Crippen molar-refractivity contribution in [1.82, 2.24) is 10.3 Å². The van der Waals surface area contributed by atoms with Crippen LogP contribution in [-0.2, 0) is 11.2 Å². The summed E-state index contributed by atoms with van der Waals surface area (Å²) in [5, 5.41) is 13.7. The number of aliphatic hydroxyl groups is 1. The minimum Gasteiger partial charge on any atom is -0.396 e. The van der Waals surface area contributed by atoms with Crippen molar-refractivity contribution >= 4 is 16.8 Å². The van der Waals surface area contributed by atoms with Crippen molar-refractivity contribution in [3.05, 3.63) is 36.0 Å². The van der Waals surface area contributed by atoms with Gasteiger partial charge in [-0.3, -0.25) is 4.79 Å². The summed E-state index contributed by atoms with van der Waals surface area (Å²) in [6.45, 7) is 0.879. The van der Waals surface area contributed by atoms with Gasteiger partial charge in [-0.2, -0.15) is 0 Å². The maximum atomic E-state index is 12.2. The van der Waals surface area contributed by atoms with Crippen LogP contribution in [0, 0.1) is 11.8 Å². The topological polar surface area (TPSA) is 65.1 Å². The van der Waals surface area contributed by atoms with Crippen LogP contribution in [0.3, 0.4) is 0 Å². The molecule has 2 aromatic rings. The Morgan fingerprint density at radius 1 is 1.22 bits per heavy atom. The first-order valence-electron chi connectivity index (χ1n) is 8.70. The van der Waals surface area contributed by atoms with Gasteiger partial charge in [0.05, 0.1) is 0 Å². The molecular formula is C19H26N2O2. The summed E-state index contributed by atoms with van der Waals surface area (Å²) in [6.07, 6.45) is 7.92. The zero-order valence-corrected chi connectivity index (χ0v) is 13.6. The summed E-state index contributed by atoms with van der Waals surface area (Å²) in [7, 11) is 0. The monoisotopic (exact) mass is 314 g/mol. The third-order valence-electron chi connectivity index (χ3n) is 5.14. The summed E-state index contributed by atoms with van der Waals surface area (Å²) in [4.78, 5) is 15.4. The molecule has 23 heavy (non-hydrogen) atoms. The number of aromatic nitrogens is 1. The largest absolute Gasteiger partial charge is 0.396 e. The third kappa shape index (κ3) is 3.94. The van der Waals surface area contributed by atoms with Gasteiger partial charge < -0.3 is 15.4 Å². The summed E-state index contributed by atoms with van der Waals surface area (Å²) < 4.78 is 0. The summed E-state index contributed by atoms with van der Waals surface area (Å²) in [5.41, 5.74) is 2.38. The number of carbonyl (C=O) groups is 1. The fourth-order valence-corrected chi connectivity index (χ4v) is 3.78. The van der Waals surface area contributed by atoms with Crippen molar-refractivity contribution in [1.29, 1.82) is 0 Å². The van der Waals surface area contributed by atoms with E-state index in [0.717, 1.165) is 24.8 Å². The van der Waals surface area contributed by atoms with E-state index < -0.39 is 0 Å². The Kier molecular flexibility index (Phi) is 5.34. The van der Waals surface area contributed by atoms with Gasteiger partial charge in [0.25, 0.3) is 0 Å². The van der Waals surface area contributed by atoms with E-state index in [1.165, 1.54) is 23.8 Å². The molecule has 3 rings (SSSR count). The number of rotatable bonds is 6. The fraction of sp³-hybridized carbons (Fsp3) is 0.526. The van der Waals surface area contributed by atoms with Crippen LogP contribution in [0.15, 0.2) is 30.5 Å². The minimum absolute atomic E-state index is 0.121. The van der Waals surface area contributed by atoms with Gasteiger partial charge in [-0.1, -0.05) is 31.0 Å². The first-order chi connectivity index (χ1) is 11.3. The zero-order valence-electron chi connectivity index (χ0n) is 13.6.